The van der Waals surface area contributed by atoms with Crippen LogP contribution in [0.3, 0.4) is 0 Å². The first kappa shape index (κ1) is 56.9. The molecule has 312 valence electrons. The zero-order chi connectivity index (χ0) is 42.6. The van der Waals surface area contributed by atoms with Crippen LogP contribution in [0.5, 0.6) is 0 Å². The van der Waals surface area contributed by atoms with Gasteiger partial charge < -0.3 is 20.9 Å². The number of unbranched alkanes of at least 4 members (excludes halogenated alkanes) is 1. The van der Waals surface area contributed by atoms with E-state index in [9.17, 15) is 32.8 Å². The summed E-state index contributed by atoms with van der Waals surface area (Å²) in [4.78, 5) is 63.2. The summed E-state index contributed by atoms with van der Waals surface area (Å²) in [6.07, 6.45) is 6.86. The van der Waals surface area contributed by atoms with Crippen molar-refractivity contribution in [3.8, 4) is 0 Å². The molecule has 0 radical (unpaired) electrons. The van der Waals surface area contributed by atoms with Gasteiger partial charge in [0.05, 0.1) is 18.1 Å². The summed E-state index contributed by atoms with van der Waals surface area (Å²) in [6, 6.07) is 8.85. The van der Waals surface area contributed by atoms with E-state index in [4.69, 9.17) is 0 Å². The second-order valence-electron chi connectivity index (χ2n) is 12.1. The molecule has 2 aromatic rings. The molecule has 1 aliphatic heterocycles. The second kappa shape index (κ2) is 37.5. The number of hydrogen-bond acceptors (Lipinski definition) is 7. The Hall–Kier alpha value is -3.80. The summed E-state index contributed by atoms with van der Waals surface area (Å²) in [5.41, 5.74) is 1.59. The number of carbonyl (C=O) groups excluding carboxylic acids is 5. The predicted octanol–water partition coefficient (Wildman–Crippen LogP) is 8.81. The van der Waals surface area contributed by atoms with Crippen molar-refractivity contribution in [3.63, 3.8) is 0 Å². The Kier molecular flexibility index (Phi) is 39.5. The van der Waals surface area contributed by atoms with Crippen molar-refractivity contribution in [1.29, 1.82) is 0 Å². The van der Waals surface area contributed by atoms with Gasteiger partial charge in [0, 0.05) is 36.2 Å². The fourth-order valence-electron chi connectivity index (χ4n) is 4.69. The minimum atomic E-state index is -2.17. The van der Waals surface area contributed by atoms with Crippen molar-refractivity contribution in [2.75, 3.05) is 20.1 Å². The van der Waals surface area contributed by atoms with Gasteiger partial charge in [0.15, 0.2) is 11.6 Å². The Morgan fingerprint density at radius 1 is 0.963 bits per heavy atom. The van der Waals surface area contributed by atoms with Gasteiger partial charge in [-0.25, -0.2) is 8.78 Å². The molecule has 2 unspecified atom stereocenters. The fraction of sp³-hybridized carbons (Fsp3) is 0.667. The number of para-hydroxylation sites is 1. The van der Waals surface area contributed by atoms with Crippen molar-refractivity contribution in [3.05, 3.63) is 42.1 Å². The molecule has 4 atom stereocenters. The number of Topliss-reactive ketones (excluding diaryl/α,β-unsaturated/α-hetero) is 2. The van der Waals surface area contributed by atoms with Gasteiger partial charge in [0.25, 0.3) is 0 Å². The number of amides is 3. The molecule has 2 heterocycles. The molecule has 1 aromatic carbocycles. The SMILES string of the molecule is CC.CC.CC(F)F.CCC.CCCC[C@H]1CCN(C(=O)CC)C1C(=O)NC(C)C(C)=O.CC[C@H](C)NC=O.CNCC(=O)c1ccnc2ccccc12. The van der Waals surface area contributed by atoms with Gasteiger partial charge in [-0.1, -0.05) is 99.8 Å². The van der Waals surface area contributed by atoms with E-state index in [-0.39, 0.29) is 29.3 Å². The number of hydrogen-bond donors (Lipinski definition) is 3. The molecule has 10 nitrogen and oxygen atoms in total. The molecule has 1 aromatic heterocycles. The first-order valence-corrected chi connectivity index (χ1v) is 19.8. The van der Waals surface area contributed by atoms with Crippen LogP contribution in [0.25, 0.3) is 10.9 Å². The van der Waals surface area contributed by atoms with Gasteiger partial charge >= 0.3 is 0 Å². The summed E-state index contributed by atoms with van der Waals surface area (Å²) >= 11 is 0. The number of fused-ring (bicyclic) bond motifs is 1. The van der Waals surface area contributed by atoms with Gasteiger partial charge in [-0.2, -0.15) is 0 Å². The van der Waals surface area contributed by atoms with E-state index >= 15 is 0 Å². The normalized spacial score (nSPS) is 14.7. The summed E-state index contributed by atoms with van der Waals surface area (Å²) in [5.74, 6) is 0.0678. The average molecular weight is 768 g/mol. The molecule has 3 amide bonds. The van der Waals surface area contributed by atoms with E-state index in [1.165, 1.54) is 13.3 Å². The number of benzene rings is 1. The maximum absolute atomic E-state index is 12.5. The number of carbonyl (C=O) groups is 5. The summed E-state index contributed by atoms with van der Waals surface area (Å²) < 4.78 is 20.7. The Morgan fingerprint density at radius 3 is 1.96 bits per heavy atom. The predicted molar refractivity (Wildman–Crippen MR) is 221 cm³/mol. The molecule has 0 bridgehead atoms. The van der Waals surface area contributed by atoms with Crippen molar-refractivity contribution < 1.29 is 32.8 Å². The van der Waals surface area contributed by atoms with E-state index < -0.39 is 18.5 Å². The number of pyridine rings is 1. The standard InChI is InChI=1S/C16H28N2O3.C12H12N2O.C5H11NO.C3H8.C2H4F2.2C2H6/c1-5-7-8-13-9-10-18(14(20)6-2)15(13)16(21)17-11(3)12(4)19;1-13-8-12(15)10-6-7-14-11-5-3-2-4-9(10)11;1-3-5(2)6-4-7;1-3-2;1-2(3)4;2*1-2/h11,13,15H,5-10H2,1-4H3,(H,17,21);2-7,13H,8H2,1H3;4-5H,3H2,1-2H3,(H,6,7);3H2,1-2H3;2H,1H3;2*1-2H3/t11?,13-,15?;;5-;;;;/m0.0..../s1. The highest BCUT2D eigenvalue weighted by Crippen LogP contribution is 2.29. The zero-order valence-corrected chi connectivity index (χ0v) is 36.0. The Labute approximate surface area is 326 Å². The molecule has 1 aliphatic rings. The number of likely N-dealkylation sites (tertiary alicyclic amines) is 1. The molecular weight excluding hydrogens is 692 g/mol. The highest BCUT2D eigenvalue weighted by atomic mass is 19.3. The van der Waals surface area contributed by atoms with Crippen LogP contribution in [0.1, 0.15) is 145 Å². The number of nitrogens with zero attached hydrogens (tertiary/aromatic N) is 2. The van der Waals surface area contributed by atoms with E-state index in [1.54, 1.807) is 31.1 Å². The number of rotatable bonds is 13. The molecule has 3 rings (SSSR count). The molecule has 3 N–H and O–H groups in total. The smallest absolute Gasteiger partial charge is 0.243 e. The zero-order valence-electron chi connectivity index (χ0n) is 36.0. The lowest BCUT2D eigenvalue weighted by atomic mass is 9.93. The minimum Gasteiger partial charge on any atom is -0.356 e. The fourth-order valence-corrected chi connectivity index (χ4v) is 4.69. The largest absolute Gasteiger partial charge is 0.356 e. The van der Waals surface area contributed by atoms with Crippen LogP contribution < -0.4 is 16.0 Å². The third kappa shape index (κ3) is 26.1. The van der Waals surface area contributed by atoms with Crippen LogP contribution in [-0.4, -0.2) is 84.4 Å². The average Bonchev–Trinajstić information content (AvgIpc) is 3.60. The number of alkyl halides is 2. The monoisotopic (exact) mass is 768 g/mol. The van der Waals surface area contributed by atoms with E-state index in [2.05, 4.69) is 41.7 Å². The van der Waals surface area contributed by atoms with Crippen LogP contribution >= 0.6 is 0 Å². The lowest BCUT2D eigenvalue weighted by Gasteiger charge is -2.28. The summed E-state index contributed by atoms with van der Waals surface area (Å²) in [7, 11) is 1.77. The number of ketones is 2. The van der Waals surface area contributed by atoms with Crippen LogP contribution in [0.15, 0.2) is 36.5 Å². The molecule has 0 saturated carbocycles. The second-order valence-corrected chi connectivity index (χ2v) is 12.1. The van der Waals surface area contributed by atoms with Gasteiger partial charge in [-0.15, -0.1) is 0 Å². The van der Waals surface area contributed by atoms with Crippen LogP contribution in [0.4, 0.5) is 8.78 Å². The number of halogens is 2. The van der Waals surface area contributed by atoms with Crippen LogP contribution in [0, 0.1) is 5.92 Å². The third-order valence-electron chi connectivity index (χ3n) is 7.56. The van der Waals surface area contributed by atoms with Gasteiger partial charge in [-0.3, -0.25) is 29.0 Å². The maximum atomic E-state index is 12.5. The Bertz CT molecular complexity index is 1260. The highest BCUT2D eigenvalue weighted by molar-refractivity contribution is 6.08. The number of nitrogens with one attached hydrogen (secondary N) is 3. The maximum Gasteiger partial charge on any atom is 0.243 e. The Balaban J connectivity index is -0.000000328. The number of aromatic nitrogens is 1. The summed E-state index contributed by atoms with van der Waals surface area (Å²) in [6.45, 7) is 25.2. The van der Waals surface area contributed by atoms with Crippen molar-refractivity contribution >= 4 is 40.7 Å². The molecule has 12 heteroatoms. The van der Waals surface area contributed by atoms with Crippen molar-refractivity contribution in [2.24, 2.45) is 5.92 Å². The van der Waals surface area contributed by atoms with Crippen molar-refractivity contribution in [2.45, 2.75) is 160 Å². The molecule has 54 heavy (non-hydrogen) atoms. The molecule has 0 aliphatic carbocycles. The van der Waals surface area contributed by atoms with Gasteiger partial charge in [-0.05, 0) is 72.1 Å². The van der Waals surface area contributed by atoms with Crippen LogP contribution in [-0.2, 0) is 19.2 Å². The van der Waals surface area contributed by atoms with Crippen LogP contribution in [0.2, 0.25) is 0 Å². The van der Waals surface area contributed by atoms with E-state index in [0.717, 1.165) is 61.9 Å². The first-order valence-electron chi connectivity index (χ1n) is 19.8. The lowest BCUT2D eigenvalue weighted by molar-refractivity contribution is -0.140. The molecule has 1 fully saturated rings. The van der Waals surface area contributed by atoms with Gasteiger partial charge in [0.1, 0.15) is 6.04 Å². The Morgan fingerprint density at radius 2 is 1.52 bits per heavy atom. The van der Waals surface area contributed by atoms with Gasteiger partial charge in [0.2, 0.25) is 24.6 Å². The molecule has 0 spiro atoms. The third-order valence-corrected chi connectivity index (χ3v) is 7.56. The highest BCUT2D eigenvalue weighted by Gasteiger charge is 2.41. The number of likely N-dealkylation sites (N-methyl/N-ethyl adjacent to an activating group) is 1. The quantitative estimate of drug-likeness (QED) is 0.137. The molecular formula is C42H75F2N5O5. The van der Waals surface area contributed by atoms with Crippen molar-refractivity contribution in [1.82, 2.24) is 25.8 Å². The van der Waals surface area contributed by atoms with E-state index in [0.29, 0.717) is 25.6 Å². The first-order chi connectivity index (χ1) is 25.7. The molecule has 1 saturated heterocycles. The topological polar surface area (TPSA) is 138 Å². The lowest BCUT2D eigenvalue weighted by Crippen LogP contribution is -2.51. The van der Waals surface area contributed by atoms with E-state index in [1.807, 2.05) is 72.7 Å². The minimum absolute atomic E-state index is 0.0182. The summed E-state index contributed by atoms with van der Waals surface area (Å²) in [5, 5.41) is 9.15.